The molecular weight excluding hydrogens is 632 g/mol. The van der Waals surface area contributed by atoms with Gasteiger partial charge in [0.1, 0.15) is 13.2 Å². The van der Waals surface area contributed by atoms with Gasteiger partial charge in [0.15, 0.2) is 14.0 Å². The number of imide groups is 1. The van der Waals surface area contributed by atoms with Crippen molar-refractivity contribution in [2.75, 3.05) is 20.3 Å². The Balaban J connectivity index is 1.78. The number of esters is 2. The Morgan fingerprint density at radius 2 is 1.71 bits per heavy atom. The molecule has 262 valence electrons. The molecular formula is C36H50N2O9Si. The Morgan fingerprint density at radius 3 is 2.27 bits per heavy atom. The molecule has 2 heterocycles. The number of ether oxygens (including phenoxy) is 3. The first kappa shape index (κ1) is 37.1. The zero-order valence-corrected chi connectivity index (χ0v) is 30.5. The average molecular weight is 683 g/mol. The molecule has 1 saturated carbocycles. The van der Waals surface area contributed by atoms with E-state index in [9.17, 15) is 24.0 Å². The first-order valence-corrected chi connectivity index (χ1v) is 19.6. The largest absolute Gasteiger partial charge is 0.463 e. The first-order valence-electron chi connectivity index (χ1n) is 16.7. The fraction of sp³-hybridized carbons (Fsp3) is 0.583. The Kier molecular flexibility index (Phi) is 11.1. The molecule has 0 bridgehead atoms. The molecule has 1 spiro atoms. The van der Waals surface area contributed by atoms with E-state index in [2.05, 4.69) is 40.4 Å². The van der Waals surface area contributed by atoms with Gasteiger partial charge in [-0.25, -0.2) is 9.69 Å². The first-order chi connectivity index (χ1) is 22.5. The molecule has 0 unspecified atom stereocenters. The molecule has 3 amide bonds. The number of hydrogen-bond donors (Lipinski definition) is 0. The van der Waals surface area contributed by atoms with Crippen LogP contribution < -0.4 is 0 Å². The second-order valence-corrected chi connectivity index (χ2v) is 19.2. The number of hydrogen-bond acceptors (Lipinski definition) is 9. The van der Waals surface area contributed by atoms with Crippen LogP contribution in [0.5, 0.6) is 0 Å². The highest BCUT2D eigenvalue weighted by Crippen LogP contribution is 2.47. The van der Waals surface area contributed by atoms with Gasteiger partial charge in [0, 0.05) is 12.8 Å². The fourth-order valence-electron chi connectivity index (χ4n) is 6.75. The number of rotatable bonds is 11. The topological polar surface area (TPSA) is 129 Å². The zero-order valence-electron chi connectivity index (χ0n) is 29.5. The highest BCUT2D eigenvalue weighted by atomic mass is 28.4. The van der Waals surface area contributed by atoms with Crippen LogP contribution in [-0.2, 0) is 42.6 Å². The van der Waals surface area contributed by atoms with Crippen LogP contribution in [0.25, 0.3) is 5.57 Å². The fourth-order valence-corrected chi connectivity index (χ4v) is 8.18. The molecule has 1 saturated heterocycles. The van der Waals surface area contributed by atoms with Crippen LogP contribution >= 0.6 is 0 Å². The van der Waals surface area contributed by atoms with Crippen LogP contribution in [0.15, 0.2) is 48.7 Å². The predicted molar refractivity (Wildman–Crippen MR) is 181 cm³/mol. The number of carbonyl (C=O) groups is 5. The average Bonchev–Trinajstić information content (AvgIpc) is 3.03. The van der Waals surface area contributed by atoms with E-state index in [-0.39, 0.29) is 35.4 Å². The van der Waals surface area contributed by atoms with Crippen molar-refractivity contribution in [2.45, 2.75) is 103 Å². The van der Waals surface area contributed by atoms with Crippen LogP contribution in [0.2, 0.25) is 18.1 Å². The predicted octanol–water partition coefficient (Wildman–Crippen LogP) is 5.22. The second kappa shape index (κ2) is 14.4. The van der Waals surface area contributed by atoms with Crippen molar-refractivity contribution < 1.29 is 42.6 Å². The highest BCUT2D eigenvalue weighted by molar-refractivity contribution is 6.74. The number of likely N-dealkylation sites (tertiary alicyclic amines) is 1. The van der Waals surface area contributed by atoms with Gasteiger partial charge in [-0.05, 0) is 43.5 Å². The van der Waals surface area contributed by atoms with E-state index in [1.165, 1.54) is 23.0 Å². The van der Waals surface area contributed by atoms with E-state index in [4.69, 9.17) is 18.6 Å². The summed E-state index contributed by atoms with van der Waals surface area (Å²) >= 11 is 0. The third-order valence-corrected chi connectivity index (χ3v) is 14.9. The molecule has 12 heteroatoms. The van der Waals surface area contributed by atoms with E-state index in [0.717, 1.165) is 6.42 Å². The van der Waals surface area contributed by atoms with Gasteiger partial charge in [-0.3, -0.25) is 19.2 Å². The lowest BCUT2D eigenvalue weighted by atomic mass is 9.75. The van der Waals surface area contributed by atoms with Crippen molar-refractivity contribution in [1.82, 2.24) is 9.80 Å². The van der Waals surface area contributed by atoms with Crippen molar-refractivity contribution in [3.63, 3.8) is 0 Å². The molecule has 11 nitrogen and oxygen atoms in total. The summed E-state index contributed by atoms with van der Waals surface area (Å²) in [6, 6.07) is 7.78. The molecule has 0 radical (unpaired) electrons. The highest BCUT2D eigenvalue weighted by Gasteiger charge is 2.60. The van der Waals surface area contributed by atoms with E-state index in [1.807, 2.05) is 6.92 Å². The monoisotopic (exact) mass is 682 g/mol. The number of methoxy groups -OCH3 is 1. The smallest absolute Gasteiger partial charge is 0.374 e. The van der Waals surface area contributed by atoms with Gasteiger partial charge in [-0.2, -0.15) is 0 Å². The molecule has 1 aromatic carbocycles. The number of carbonyl (C=O) groups excluding carboxylic acids is 5. The van der Waals surface area contributed by atoms with E-state index >= 15 is 0 Å². The minimum absolute atomic E-state index is 0.0202. The van der Waals surface area contributed by atoms with Gasteiger partial charge >= 0.3 is 11.9 Å². The summed E-state index contributed by atoms with van der Waals surface area (Å²) in [5, 5.41) is -0.137. The molecule has 0 aromatic heterocycles. The number of nitrogens with zero attached hydrogens (tertiary/aromatic N) is 2. The minimum atomic E-state index is -2.34. The van der Waals surface area contributed by atoms with Crippen molar-refractivity contribution in [2.24, 2.45) is 11.8 Å². The SMILES string of the molecule is C=CCOC(=O)CN1C(=O)[C@H]([C@@H](C)O[Si](C)(C)C(C)(C)C)[C@H]1[C@@H](C)C(=O)N1C(=O)C(c2ccccc2)=C(C(=O)OC)OC12CCCCC2. The van der Waals surface area contributed by atoms with Crippen LogP contribution in [-0.4, -0.2) is 85.9 Å². The summed E-state index contributed by atoms with van der Waals surface area (Å²) < 4.78 is 23.3. The van der Waals surface area contributed by atoms with Crippen molar-refractivity contribution in [3.8, 4) is 0 Å². The quantitative estimate of drug-likeness (QED) is 0.134. The molecule has 4 atom stereocenters. The van der Waals surface area contributed by atoms with Gasteiger partial charge in [0.25, 0.3) is 5.91 Å². The number of amides is 3. The molecule has 2 fully saturated rings. The van der Waals surface area contributed by atoms with E-state index < -0.39 is 61.8 Å². The normalized spacial score (nSPS) is 22.4. The maximum absolute atomic E-state index is 14.8. The standard InChI is InChI=1S/C36H50N2O9Si/c1-10-21-45-26(39)22-37-29(27(32(37)41)24(3)47-48(8,9)35(4,5)6)23(2)31(40)38-33(42)28(25-17-13-11-14-18-25)30(34(43)44-7)46-36(38)19-15-12-16-20-36/h10-11,13-14,17-18,23-24,27,29H,1,12,15-16,19-22H2,2-9H3/t23-,24-,27-,29-/m1/s1. The number of benzene rings is 1. The Bertz CT molecular complexity index is 1460. The Hall–Kier alpha value is -3.77. The van der Waals surface area contributed by atoms with Crippen molar-refractivity contribution in [3.05, 3.63) is 54.3 Å². The van der Waals surface area contributed by atoms with Crippen LogP contribution in [0.4, 0.5) is 0 Å². The lowest BCUT2D eigenvalue weighted by Crippen LogP contribution is -2.71. The van der Waals surface area contributed by atoms with Crippen LogP contribution in [0.1, 0.15) is 72.3 Å². The second-order valence-electron chi connectivity index (χ2n) is 14.5. The van der Waals surface area contributed by atoms with Crippen molar-refractivity contribution in [1.29, 1.82) is 0 Å². The lowest BCUT2D eigenvalue weighted by Gasteiger charge is -2.54. The Labute approximate surface area is 284 Å². The van der Waals surface area contributed by atoms with Crippen molar-refractivity contribution >= 4 is 43.6 Å². The molecule has 1 aliphatic carbocycles. The van der Waals surface area contributed by atoms with Gasteiger partial charge in [0.2, 0.25) is 17.6 Å². The molecule has 0 N–H and O–H groups in total. The van der Waals surface area contributed by atoms with Crippen LogP contribution in [0.3, 0.4) is 0 Å². The van der Waals surface area contributed by atoms with Gasteiger partial charge < -0.3 is 23.5 Å². The van der Waals surface area contributed by atoms with Gasteiger partial charge in [0.05, 0.1) is 36.7 Å². The summed E-state index contributed by atoms with van der Waals surface area (Å²) in [7, 11) is -1.13. The maximum atomic E-state index is 14.8. The summed E-state index contributed by atoms with van der Waals surface area (Å²) in [4.78, 5) is 71.6. The molecule has 1 aromatic rings. The molecule has 48 heavy (non-hydrogen) atoms. The third-order valence-electron chi connectivity index (χ3n) is 10.3. The minimum Gasteiger partial charge on any atom is -0.463 e. The molecule has 4 rings (SSSR count). The summed E-state index contributed by atoms with van der Waals surface area (Å²) in [6.07, 6.45) is 3.74. The molecule has 2 aliphatic heterocycles. The molecule has 3 aliphatic rings. The van der Waals surface area contributed by atoms with Gasteiger partial charge in [-0.1, -0.05) is 77.1 Å². The Morgan fingerprint density at radius 1 is 1.08 bits per heavy atom. The summed E-state index contributed by atoms with van der Waals surface area (Å²) in [5.41, 5.74) is -1.08. The number of β-lactam (4-membered cyclic amide) rings is 1. The zero-order chi connectivity index (χ0) is 35.6. The summed E-state index contributed by atoms with van der Waals surface area (Å²) in [5.74, 6) is -4.93. The van der Waals surface area contributed by atoms with E-state index in [1.54, 1.807) is 37.3 Å². The van der Waals surface area contributed by atoms with Crippen LogP contribution in [0, 0.1) is 11.8 Å². The lowest BCUT2D eigenvalue weighted by molar-refractivity contribution is -0.197. The maximum Gasteiger partial charge on any atom is 0.374 e. The van der Waals surface area contributed by atoms with E-state index in [0.29, 0.717) is 31.2 Å². The summed E-state index contributed by atoms with van der Waals surface area (Å²) in [6.45, 7) is 17.2. The van der Waals surface area contributed by atoms with Gasteiger partial charge in [-0.15, -0.1) is 0 Å². The third kappa shape index (κ3) is 7.00.